The van der Waals surface area contributed by atoms with Crippen molar-refractivity contribution in [2.75, 3.05) is 24.3 Å². The fourth-order valence-electron chi connectivity index (χ4n) is 4.38. The molecule has 2 aromatic carbocycles. The number of hydrogen-bond acceptors (Lipinski definition) is 5. The van der Waals surface area contributed by atoms with Gasteiger partial charge in [0.1, 0.15) is 0 Å². The summed E-state index contributed by atoms with van der Waals surface area (Å²) in [5.41, 5.74) is 2.61. The standard InChI is InChI=1S/C25H29N3O3S/c1-4-6-9-16-27-23(29)21(24(30)31-5-2)22(17-12-14-18(32-3)15-13-17)28-20-11-8-7-10-19(20)26-25(27)28/h7-8,10-15,21-22H,4-6,9,16H2,1-3H3/t21-,22+/m0/s1. The van der Waals surface area contributed by atoms with Crippen molar-refractivity contribution in [3.8, 4) is 0 Å². The maximum Gasteiger partial charge on any atom is 0.321 e. The quantitative estimate of drug-likeness (QED) is 0.207. The lowest BCUT2D eigenvalue weighted by Crippen LogP contribution is -2.50. The fourth-order valence-corrected chi connectivity index (χ4v) is 4.79. The minimum Gasteiger partial charge on any atom is -0.465 e. The summed E-state index contributed by atoms with van der Waals surface area (Å²) in [6.07, 6.45) is 4.93. The number of carbonyl (C=O) groups excluding carboxylic acids is 2. The minimum atomic E-state index is -0.957. The highest BCUT2D eigenvalue weighted by Gasteiger charge is 2.47. The molecule has 0 N–H and O–H groups in total. The zero-order valence-electron chi connectivity index (χ0n) is 18.8. The molecule has 168 valence electrons. The molecular formula is C25H29N3O3S. The molecule has 1 aliphatic rings. The van der Waals surface area contributed by atoms with Crippen molar-refractivity contribution in [3.05, 3.63) is 54.1 Å². The average Bonchev–Trinajstić information content (AvgIpc) is 3.19. The molecule has 1 aromatic heterocycles. The van der Waals surface area contributed by atoms with Gasteiger partial charge in [0.2, 0.25) is 11.9 Å². The van der Waals surface area contributed by atoms with Gasteiger partial charge in [-0.15, -0.1) is 11.8 Å². The van der Waals surface area contributed by atoms with Gasteiger partial charge in [-0.3, -0.25) is 14.5 Å². The second-order valence-electron chi connectivity index (χ2n) is 7.92. The fraction of sp³-hybridized carbons (Fsp3) is 0.400. The van der Waals surface area contributed by atoms with Crippen molar-refractivity contribution in [2.24, 2.45) is 5.92 Å². The van der Waals surface area contributed by atoms with E-state index in [0.29, 0.717) is 12.5 Å². The van der Waals surface area contributed by atoms with Gasteiger partial charge in [0.05, 0.1) is 23.7 Å². The van der Waals surface area contributed by atoms with E-state index in [1.165, 1.54) is 0 Å². The van der Waals surface area contributed by atoms with Crippen molar-refractivity contribution in [1.82, 2.24) is 9.55 Å². The van der Waals surface area contributed by atoms with Crippen LogP contribution in [0.4, 0.5) is 5.95 Å². The monoisotopic (exact) mass is 451 g/mol. The van der Waals surface area contributed by atoms with Crippen LogP contribution in [-0.2, 0) is 14.3 Å². The first-order valence-electron chi connectivity index (χ1n) is 11.2. The Kier molecular flexibility index (Phi) is 6.84. The number of hydrogen-bond donors (Lipinski definition) is 0. The van der Waals surface area contributed by atoms with E-state index >= 15 is 0 Å². The number of unbranched alkanes of at least 4 members (excludes halogenated alkanes) is 2. The molecule has 0 bridgehead atoms. The second kappa shape index (κ2) is 9.77. The Balaban J connectivity index is 1.92. The zero-order chi connectivity index (χ0) is 22.7. The lowest BCUT2D eigenvalue weighted by molar-refractivity contribution is -0.153. The van der Waals surface area contributed by atoms with Crippen LogP contribution in [0.15, 0.2) is 53.4 Å². The smallest absolute Gasteiger partial charge is 0.321 e. The molecule has 1 amide bonds. The molecule has 0 saturated heterocycles. The molecule has 32 heavy (non-hydrogen) atoms. The number of benzene rings is 2. The first-order chi connectivity index (χ1) is 15.6. The summed E-state index contributed by atoms with van der Waals surface area (Å²) >= 11 is 1.66. The normalized spacial score (nSPS) is 18.1. The Labute approximate surface area is 193 Å². The summed E-state index contributed by atoms with van der Waals surface area (Å²) in [7, 11) is 0. The predicted molar refractivity (Wildman–Crippen MR) is 128 cm³/mol. The van der Waals surface area contributed by atoms with E-state index in [9.17, 15) is 9.59 Å². The maximum atomic E-state index is 13.8. The van der Waals surface area contributed by atoms with Crippen LogP contribution in [-0.4, -0.2) is 40.8 Å². The van der Waals surface area contributed by atoms with Crippen molar-refractivity contribution in [3.63, 3.8) is 0 Å². The molecule has 2 atom stereocenters. The van der Waals surface area contributed by atoms with Crippen molar-refractivity contribution < 1.29 is 14.3 Å². The van der Waals surface area contributed by atoms with Crippen molar-refractivity contribution >= 4 is 40.6 Å². The zero-order valence-corrected chi connectivity index (χ0v) is 19.6. The van der Waals surface area contributed by atoms with Gasteiger partial charge in [0, 0.05) is 11.4 Å². The molecule has 0 spiro atoms. The highest BCUT2D eigenvalue weighted by atomic mass is 32.2. The van der Waals surface area contributed by atoms with Crippen LogP contribution in [0, 0.1) is 5.92 Å². The molecule has 1 aliphatic heterocycles. The highest BCUT2D eigenvalue weighted by molar-refractivity contribution is 7.98. The number of ether oxygens (including phenoxy) is 1. The second-order valence-corrected chi connectivity index (χ2v) is 8.79. The van der Waals surface area contributed by atoms with Gasteiger partial charge < -0.3 is 9.30 Å². The van der Waals surface area contributed by atoms with Gasteiger partial charge in [-0.1, -0.05) is 44.0 Å². The van der Waals surface area contributed by atoms with E-state index in [1.807, 2.05) is 54.8 Å². The van der Waals surface area contributed by atoms with Crippen LogP contribution < -0.4 is 4.90 Å². The predicted octanol–water partition coefficient (Wildman–Crippen LogP) is 5.06. The molecule has 0 aliphatic carbocycles. The Hall–Kier alpha value is -2.80. The summed E-state index contributed by atoms with van der Waals surface area (Å²) in [6.45, 7) is 4.66. The molecular weight excluding hydrogens is 422 g/mol. The molecule has 7 heteroatoms. The van der Waals surface area contributed by atoms with E-state index in [4.69, 9.17) is 9.72 Å². The molecule has 2 heterocycles. The lowest BCUT2D eigenvalue weighted by atomic mass is 9.89. The number of fused-ring (bicyclic) bond motifs is 3. The number of amides is 1. The van der Waals surface area contributed by atoms with E-state index in [-0.39, 0.29) is 12.5 Å². The molecule has 4 rings (SSSR count). The first-order valence-corrected chi connectivity index (χ1v) is 12.4. The van der Waals surface area contributed by atoms with E-state index in [0.717, 1.165) is 40.8 Å². The van der Waals surface area contributed by atoms with Crippen LogP contribution in [0.3, 0.4) is 0 Å². The van der Waals surface area contributed by atoms with Gasteiger partial charge in [-0.2, -0.15) is 0 Å². The number of rotatable bonds is 8. The summed E-state index contributed by atoms with van der Waals surface area (Å²) in [5.74, 6) is -1.07. The number of esters is 1. The number of thioether (sulfide) groups is 1. The molecule has 6 nitrogen and oxygen atoms in total. The lowest BCUT2D eigenvalue weighted by Gasteiger charge is -2.38. The minimum absolute atomic E-state index is 0.230. The van der Waals surface area contributed by atoms with Gasteiger partial charge >= 0.3 is 5.97 Å². The Morgan fingerprint density at radius 3 is 2.53 bits per heavy atom. The van der Waals surface area contributed by atoms with Gasteiger partial charge in [0.25, 0.3) is 0 Å². The topological polar surface area (TPSA) is 64.4 Å². The number of para-hydroxylation sites is 2. The summed E-state index contributed by atoms with van der Waals surface area (Å²) < 4.78 is 7.46. The average molecular weight is 452 g/mol. The van der Waals surface area contributed by atoms with E-state index < -0.39 is 17.9 Å². The van der Waals surface area contributed by atoms with E-state index in [1.54, 1.807) is 23.6 Å². The number of aromatic nitrogens is 2. The van der Waals surface area contributed by atoms with Crippen LogP contribution in [0.5, 0.6) is 0 Å². The Morgan fingerprint density at radius 2 is 1.84 bits per heavy atom. The Bertz CT molecular complexity index is 1110. The number of imidazole rings is 1. The van der Waals surface area contributed by atoms with Crippen LogP contribution in [0.2, 0.25) is 0 Å². The van der Waals surface area contributed by atoms with Crippen molar-refractivity contribution in [2.45, 2.75) is 44.0 Å². The molecule has 3 aromatic rings. The first kappa shape index (κ1) is 22.4. The van der Waals surface area contributed by atoms with Gasteiger partial charge in [-0.25, -0.2) is 4.98 Å². The summed E-state index contributed by atoms with van der Waals surface area (Å²) in [4.78, 5) is 34.5. The SMILES string of the molecule is CCCCCN1C(=O)[C@@H](C(=O)OCC)[C@@H](c2ccc(SC)cc2)n2c1nc1ccccc12. The summed E-state index contributed by atoms with van der Waals surface area (Å²) in [5, 5.41) is 0. The summed E-state index contributed by atoms with van der Waals surface area (Å²) in [6, 6.07) is 15.4. The molecule has 0 fully saturated rings. The van der Waals surface area contributed by atoms with Crippen LogP contribution >= 0.6 is 11.8 Å². The highest BCUT2D eigenvalue weighted by Crippen LogP contribution is 2.41. The third-order valence-corrected chi connectivity index (χ3v) is 6.67. The van der Waals surface area contributed by atoms with Gasteiger partial charge in [-0.05, 0) is 49.4 Å². The van der Waals surface area contributed by atoms with E-state index in [2.05, 4.69) is 11.5 Å². The molecule has 0 saturated carbocycles. The third-order valence-electron chi connectivity index (χ3n) is 5.93. The number of nitrogens with zero attached hydrogens (tertiary/aromatic N) is 3. The molecule has 0 radical (unpaired) electrons. The largest absolute Gasteiger partial charge is 0.465 e. The van der Waals surface area contributed by atoms with Gasteiger partial charge in [0.15, 0.2) is 5.92 Å². The number of carbonyl (C=O) groups is 2. The van der Waals surface area contributed by atoms with Crippen LogP contribution in [0.1, 0.15) is 44.7 Å². The Morgan fingerprint density at radius 1 is 1.09 bits per heavy atom. The maximum absolute atomic E-state index is 13.8. The molecule has 0 unspecified atom stereocenters. The van der Waals surface area contributed by atoms with Crippen LogP contribution in [0.25, 0.3) is 11.0 Å². The van der Waals surface area contributed by atoms with Crippen molar-refractivity contribution in [1.29, 1.82) is 0 Å². The number of anilines is 1. The third kappa shape index (κ3) is 4.01.